The highest BCUT2D eigenvalue weighted by Crippen LogP contribution is 2.36. The van der Waals surface area contributed by atoms with Gasteiger partial charge in [0.25, 0.3) is 0 Å². The molecule has 0 saturated heterocycles. The summed E-state index contributed by atoms with van der Waals surface area (Å²) in [7, 11) is 0. The third-order valence-corrected chi connectivity index (χ3v) is 3.37. The Balaban J connectivity index is 2.02. The van der Waals surface area contributed by atoms with Crippen molar-refractivity contribution in [3.63, 3.8) is 0 Å². The predicted octanol–water partition coefficient (Wildman–Crippen LogP) is 3.78. The predicted molar refractivity (Wildman–Crippen MR) is 66.9 cm³/mol. The van der Waals surface area contributed by atoms with E-state index >= 15 is 0 Å². The van der Waals surface area contributed by atoms with E-state index in [0.717, 1.165) is 11.3 Å². The average molecular weight is 243 g/mol. The molecule has 3 rings (SSSR count). The molecule has 0 unspecified atom stereocenters. The number of thiophene rings is 1. The van der Waals surface area contributed by atoms with Crippen LogP contribution in [0.15, 0.2) is 52.4 Å². The van der Waals surface area contributed by atoms with Crippen LogP contribution in [0.1, 0.15) is 0 Å². The quantitative estimate of drug-likeness (QED) is 0.745. The maximum Gasteiger partial charge on any atom is 0.181 e. The van der Waals surface area contributed by atoms with Crippen LogP contribution in [0.3, 0.4) is 0 Å². The summed E-state index contributed by atoms with van der Waals surface area (Å²) in [5.41, 5.74) is 1.77. The molecule has 0 aliphatic carbocycles. The number of aromatic hydroxyl groups is 1. The fourth-order valence-corrected chi connectivity index (χ4v) is 2.35. The third-order valence-electron chi connectivity index (χ3n) is 2.45. The third kappa shape index (κ3) is 1.83. The van der Waals surface area contributed by atoms with Crippen LogP contribution in [0.5, 0.6) is 5.75 Å². The van der Waals surface area contributed by atoms with Gasteiger partial charge in [-0.25, -0.2) is 0 Å². The molecule has 1 N–H and O–H groups in total. The first kappa shape index (κ1) is 10.1. The van der Waals surface area contributed by atoms with Crippen LogP contribution in [0.4, 0.5) is 0 Å². The fourth-order valence-electron chi connectivity index (χ4n) is 1.61. The summed E-state index contributed by atoms with van der Waals surface area (Å²) in [6, 6.07) is 13.3. The molecule has 0 saturated carbocycles. The number of hydrogen-bond donors (Lipinski definition) is 1. The lowest BCUT2D eigenvalue weighted by molar-refractivity contribution is 0.430. The van der Waals surface area contributed by atoms with Crippen molar-refractivity contribution in [2.24, 2.45) is 0 Å². The van der Waals surface area contributed by atoms with Gasteiger partial charge in [0.05, 0.1) is 0 Å². The highest BCUT2D eigenvalue weighted by Gasteiger charge is 2.12. The highest BCUT2D eigenvalue weighted by atomic mass is 32.1. The molecule has 1 aromatic carbocycles. The second-order valence-corrected chi connectivity index (χ2v) is 4.49. The molecule has 0 aliphatic heterocycles. The van der Waals surface area contributed by atoms with Gasteiger partial charge in [-0.2, -0.15) is 0 Å². The van der Waals surface area contributed by atoms with Crippen LogP contribution in [-0.4, -0.2) is 10.3 Å². The molecule has 0 amide bonds. The van der Waals surface area contributed by atoms with Gasteiger partial charge >= 0.3 is 0 Å². The number of benzene rings is 1. The Kier molecular flexibility index (Phi) is 2.42. The minimum atomic E-state index is 0.228. The van der Waals surface area contributed by atoms with Gasteiger partial charge in [0, 0.05) is 11.6 Å². The summed E-state index contributed by atoms with van der Waals surface area (Å²) < 4.78 is 5.24. The van der Waals surface area contributed by atoms with E-state index in [0.29, 0.717) is 10.6 Å². The molecular weight excluding hydrogens is 234 g/mol. The van der Waals surface area contributed by atoms with Gasteiger partial charge in [0.2, 0.25) is 0 Å². The number of rotatable bonds is 2. The van der Waals surface area contributed by atoms with Crippen molar-refractivity contribution in [2.45, 2.75) is 0 Å². The van der Waals surface area contributed by atoms with Crippen LogP contribution < -0.4 is 0 Å². The van der Waals surface area contributed by atoms with Crippen LogP contribution >= 0.6 is 11.3 Å². The fraction of sp³-hybridized carbons (Fsp3) is 0. The molecule has 0 spiro atoms. The summed E-state index contributed by atoms with van der Waals surface area (Å²) in [5, 5.41) is 15.4. The smallest absolute Gasteiger partial charge is 0.181 e. The molecule has 17 heavy (non-hydrogen) atoms. The van der Waals surface area contributed by atoms with Gasteiger partial charge in [-0.3, -0.25) is 0 Å². The first-order valence-corrected chi connectivity index (χ1v) is 6.01. The number of hydrogen-bond acceptors (Lipinski definition) is 4. The molecule has 2 heterocycles. The molecule has 3 aromatic rings. The lowest BCUT2D eigenvalue weighted by Gasteiger charge is -1.91. The second kappa shape index (κ2) is 4.07. The SMILES string of the molecule is Oc1ccsc1-c1cc(-c2ccccc2)no1. The Hall–Kier alpha value is -2.07. The Morgan fingerprint density at radius 3 is 2.65 bits per heavy atom. The molecule has 4 heteroatoms. The molecule has 0 atom stereocenters. The minimum absolute atomic E-state index is 0.228. The normalized spacial score (nSPS) is 10.6. The molecule has 3 nitrogen and oxygen atoms in total. The van der Waals surface area contributed by atoms with E-state index in [1.165, 1.54) is 11.3 Å². The Bertz CT molecular complexity index is 628. The van der Waals surface area contributed by atoms with E-state index in [1.807, 2.05) is 41.8 Å². The highest BCUT2D eigenvalue weighted by molar-refractivity contribution is 7.13. The zero-order valence-corrected chi connectivity index (χ0v) is 9.65. The standard InChI is InChI=1S/C13H9NO2S/c15-11-6-7-17-13(11)12-8-10(14-16-12)9-4-2-1-3-5-9/h1-8,15H. The molecule has 0 aliphatic rings. The first-order chi connectivity index (χ1) is 8.34. The average Bonchev–Trinajstić information content (AvgIpc) is 2.98. The van der Waals surface area contributed by atoms with Gasteiger partial charge in [-0.15, -0.1) is 11.3 Å². The molecule has 0 radical (unpaired) electrons. The van der Waals surface area contributed by atoms with Crippen molar-refractivity contribution in [3.05, 3.63) is 47.8 Å². The van der Waals surface area contributed by atoms with Gasteiger partial charge in [0.1, 0.15) is 16.3 Å². The van der Waals surface area contributed by atoms with Gasteiger partial charge in [-0.1, -0.05) is 35.5 Å². The van der Waals surface area contributed by atoms with Crippen molar-refractivity contribution >= 4 is 11.3 Å². The van der Waals surface area contributed by atoms with Crippen molar-refractivity contribution in [1.29, 1.82) is 0 Å². The summed E-state index contributed by atoms with van der Waals surface area (Å²) in [4.78, 5) is 0.708. The Morgan fingerprint density at radius 2 is 1.94 bits per heavy atom. The summed E-state index contributed by atoms with van der Waals surface area (Å²) >= 11 is 1.43. The van der Waals surface area contributed by atoms with Gasteiger partial charge < -0.3 is 9.63 Å². The van der Waals surface area contributed by atoms with E-state index in [2.05, 4.69) is 5.16 Å². The van der Waals surface area contributed by atoms with E-state index in [9.17, 15) is 5.11 Å². The van der Waals surface area contributed by atoms with E-state index in [1.54, 1.807) is 6.07 Å². The van der Waals surface area contributed by atoms with Crippen molar-refractivity contribution in [1.82, 2.24) is 5.16 Å². The monoisotopic (exact) mass is 243 g/mol. The van der Waals surface area contributed by atoms with Crippen LogP contribution in [0.25, 0.3) is 21.9 Å². The maximum absolute atomic E-state index is 9.61. The van der Waals surface area contributed by atoms with Crippen molar-refractivity contribution < 1.29 is 9.63 Å². The molecule has 2 aromatic heterocycles. The van der Waals surface area contributed by atoms with Crippen LogP contribution in [-0.2, 0) is 0 Å². The lowest BCUT2D eigenvalue weighted by atomic mass is 10.1. The first-order valence-electron chi connectivity index (χ1n) is 5.13. The Labute approximate surface area is 102 Å². The van der Waals surface area contributed by atoms with Crippen LogP contribution in [0, 0.1) is 0 Å². The largest absolute Gasteiger partial charge is 0.506 e. The Morgan fingerprint density at radius 1 is 1.12 bits per heavy atom. The van der Waals surface area contributed by atoms with Crippen LogP contribution in [0.2, 0.25) is 0 Å². The van der Waals surface area contributed by atoms with Crippen molar-refractivity contribution in [3.8, 4) is 27.6 Å². The number of nitrogens with zero attached hydrogens (tertiary/aromatic N) is 1. The molecule has 0 fully saturated rings. The summed E-state index contributed by atoms with van der Waals surface area (Å²) in [6.07, 6.45) is 0. The zero-order valence-electron chi connectivity index (χ0n) is 8.83. The van der Waals surface area contributed by atoms with Gasteiger partial charge in [0.15, 0.2) is 5.76 Å². The minimum Gasteiger partial charge on any atom is -0.506 e. The zero-order chi connectivity index (χ0) is 11.7. The molecular formula is C13H9NO2S. The van der Waals surface area contributed by atoms with Crippen molar-refractivity contribution in [2.75, 3.05) is 0 Å². The maximum atomic E-state index is 9.61. The van der Waals surface area contributed by atoms with E-state index < -0.39 is 0 Å². The number of aromatic nitrogens is 1. The summed E-state index contributed by atoms with van der Waals surface area (Å²) in [6.45, 7) is 0. The lowest BCUT2D eigenvalue weighted by Crippen LogP contribution is -1.73. The summed E-state index contributed by atoms with van der Waals surface area (Å²) in [5.74, 6) is 0.821. The molecule has 84 valence electrons. The molecule has 0 bridgehead atoms. The van der Waals surface area contributed by atoms with E-state index in [-0.39, 0.29) is 5.75 Å². The topological polar surface area (TPSA) is 46.3 Å². The van der Waals surface area contributed by atoms with Gasteiger partial charge in [-0.05, 0) is 11.4 Å². The second-order valence-electron chi connectivity index (χ2n) is 3.58. The van der Waals surface area contributed by atoms with E-state index in [4.69, 9.17) is 4.52 Å².